The largest absolute Gasteiger partial charge is 0.277 e. The molecule has 3 aromatic rings. The third-order valence-electron chi connectivity index (χ3n) is 2.97. The molecule has 7 heteroatoms. The summed E-state index contributed by atoms with van der Waals surface area (Å²) in [6.07, 6.45) is 1.70. The number of nitrogens with zero attached hydrogens (tertiary/aromatic N) is 4. The molecule has 0 aliphatic heterocycles. The van der Waals surface area contributed by atoms with E-state index in [2.05, 4.69) is 20.6 Å². The standard InChI is InChI=1S/C14H13ClN4S2/c1-9-3-4-12(5-13(9)15)19-8-16-18-14(19)21-7-11-6-20-10(2)17-11/h3-6,8H,7H2,1-2H3. The highest BCUT2D eigenvalue weighted by Gasteiger charge is 2.09. The molecule has 0 atom stereocenters. The molecule has 2 aromatic heterocycles. The Bertz CT molecular complexity index is 766. The third-order valence-corrected chi connectivity index (χ3v) is 5.17. The van der Waals surface area contributed by atoms with E-state index in [1.54, 1.807) is 29.4 Å². The molecular weight excluding hydrogens is 324 g/mol. The van der Waals surface area contributed by atoms with Crippen LogP contribution in [0.1, 0.15) is 16.3 Å². The van der Waals surface area contributed by atoms with E-state index >= 15 is 0 Å². The molecule has 0 aliphatic carbocycles. The maximum Gasteiger partial charge on any atom is 0.195 e. The Morgan fingerprint density at radius 2 is 2.19 bits per heavy atom. The zero-order valence-electron chi connectivity index (χ0n) is 11.6. The lowest BCUT2D eigenvalue weighted by molar-refractivity contribution is 0.882. The van der Waals surface area contributed by atoms with Crippen LogP contribution in [0.25, 0.3) is 5.69 Å². The van der Waals surface area contributed by atoms with Gasteiger partial charge in [-0.15, -0.1) is 21.5 Å². The predicted octanol–water partition coefficient (Wildman–Crippen LogP) is 4.29. The number of hydrogen-bond donors (Lipinski definition) is 0. The van der Waals surface area contributed by atoms with Gasteiger partial charge in [-0.2, -0.15) is 0 Å². The van der Waals surface area contributed by atoms with Gasteiger partial charge in [-0.1, -0.05) is 29.4 Å². The molecule has 0 spiro atoms. The van der Waals surface area contributed by atoms with Gasteiger partial charge < -0.3 is 0 Å². The van der Waals surface area contributed by atoms with Crippen molar-refractivity contribution in [2.45, 2.75) is 24.8 Å². The number of aryl methyl sites for hydroxylation is 2. The van der Waals surface area contributed by atoms with Crippen molar-refractivity contribution < 1.29 is 0 Å². The number of thiazole rings is 1. The minimum Gasteiger partial charge on any atom is -0.277 e. The highest BCUT2D eigenvalue weighted by atomic mass is 35.5. The first-order valence-corrected chi connectivity index (χ1v) is 8.58. The van der Waals surface area contributed by atoms with Crippen molar-refractivity contribution in [2.24, 2.45) is 0 Å². The molecule has 2 heterocycles. The summed E-state index contributed by atoms with van der Waals surface area (Å²) in [5, 5.41) is 12.9. The quantitative estimate of drug-likeness (QED) is 0.667. The number of thioether (sulfide) groups is 1. The van der Waals surface area contributed by atoms with Crippen LogP contribution < -0.4 is 0 Å². The van der Waals surface area contributed by atoms with Gasteiger partial charge in [0, 0.05) is 16.2 Å². The maximum absolute atomic E-state index is 6.19. The molecule has 0 N–H and O–H groups in total. The van der Waals surface area contributed by atoms with E-state index in [-0.39, 0.29) is 0 Å². The van der Waals surface area contributed by atoms with Gasteiger partial charge in [0.1, 0.15) is 6.33 Å². The monoisotopic (exact) mass is 336 g/mol. The van der Waals surface area contributed by atoms with Gasteiger partial charge in [0.2, 0.25) is 0 Å². The lowest BCUT2D eigenvalue weighted by atomic mass is 10.2. The van der Waals surface area contributed by atoms with Gasteiger partial charge in [-0.3, -0.25) is 4.57 Å². The SMILES string of the molecule is Cc1nc(CSc2nncn2-c2ccc(C)c(Cl)c2)cs1. The summed E-state index contributed by atoms with van der Waals surface area (Å²) in [4.78, 5) is 4.46. The molecule has 1 aromatic carbocycles. The fourth-order valence-corrected chi connectivity index (χ4v) is 3.56. The van der Waals surface area contributed by atoms with Crippen molar-refractivity contribution in [3.8, 4) is 5.69 Å². The minimum absolute atomic E-state index is 0.743. The lowest BCUT2D eigenvalue weighted by Gasteiger charge is -2.07. The van der Waals surface area contributed by atoms with E-state index in [1.165, 1.54) is 0 Å². The summed E-state index contributed by atoms with van der Waals surface area (Å²) in [5.41, 5.74) is 3.09. The van der Waals surface area contributed by atoms with Crippen LogP contribution in [0.2, 0.25) is 5.02 Å². The zero-order valence-corrected chi connectivity index (χ0v) is 14.0. The molecule has 0 aliphatic rings. The van der Waals surface area contributed by atoms with Crippen LogP contribution in [-0.2, 0) is 5.75 Å². The minimum atomic E-state index is 0.743. The summed E-state index contributed by atoms with van der Waals surface area (Å²) in [6, 6.07) is 5.94. The first-order chi connectivity index (χ1) is 10.1. The van der Waals surface area contributed by atoms with Gasteiger partial charge in [0.05, 0.1) is 16.4 Å². The molecule has 108 valence electrons. The van der Waals surface area contributed by atoms with Crippen LogP contribution in [0.5, 0.6) is 0 Å². The number of rotatable bonds is 4. The highest BCUT2D eigenvalue weighted by Crippen LogP contribution is 2.26. The zero-order chi connectivity index (χ0) is 14.8. The normalized spacial score (nSPS) is 11.0. The molecule has 0 saturated heterocycles. The van der Waals surface area contributed by atoms with E-state index in [4.69, 9.17) is 11.6 Å². The summed E-state index contributed by atoms with van der Waals surface area (Å²) < 4.78 is 1.94. The predicted molar refractivity (Wildman–Crippen MR) is 87.5 cm³/mol. The van der Waals surface area contributed by atoms with Crippen LogP contribution in [0.3, 0.4) is 0 Å². The van der Waals surface area contributed by atoms with Crippen molar-refractivity contribution in [2.75, 3.05) is 0 Å². The van der Waals surface area contributed by atoms with E-state index in [0.29, 0.717) is 0 Å². The second-order valence-corrected chi connectivity index (χ2v) is 6.98. The Labute approximate surface area is 136 Å². The van der Waals surface area contributed by atoms with E-state index < -0.39 is 0 Å². The average molecular weight is 337 g/mol. The van der Waals surface area contributed by atoms with E-state index in [9.17, 15) is 0 Å². The Kier molecular flexibility index (Phi) is 4.28. The fourth-order valence-electron chi connectivity index (χ4n) is 1.84. The van der Waals surface area contributed by atoms with Gasteiger partial charge in [-0.25, -0.2) is 4.98 Å². The third kappa shape index (κ3) is 3.28. The van der Waals surface area contributed by atoms with Crippen molar-refractivity contribution in [1.82, 2.24) is 19.7 Å². The van der Waals surface area contributed by atoms with Crippen LogP contribution >= 0.6 is 34.7 Å². The molecule has 0 bridgehead atoms. The van der Waals surface area contributed by atoms with E-state index in [0.717, 1.165) is 37.9 Å². The van der Waals surface area contributed by atoms with Gasteiger partial charge in [0.15, 0.2) is 5.16 Å². The van der Waals surface area contributed by atoms with Gasteiger partial charge in [0.25, 0.3) is 0 Å². The smallest absolute Gasteiger partial charge is 0.195 e. The average Bonchev–Trinajstić information content (AvgIpc) is 3.08. The van der Waals surface area contributed by atoms with Crippen molar-refractivity contribution in [3.05, 3.63) is 51.2 Å². The number of hydrogen-bond acceptors (Lipinski definition) is 5. The van der Waals surface area contributed by atoms with Crippen LogP contribution in [0, 0.1) is 13.8 Å². The second kappa shape index (κ2) is 6.17. The Balaban J connectivity index is 1.81. The molecule has 21 heavy (non-hydrogen) atoms. The topological polar surface area (TPSA) is 43.6 Å². The second-order valence-electron chi connectivity index (χ2n) is 4.56. The molecule has 4 nitrogen and oxygen atoms in total. The summed E-state index contributed by atoms with van der Waals surface area (Å²) in [6.45, 7) is 3.99. The first-order valence-electron chi connectivity index (χ1n) is 6.34. The molecule has 3 rings (SSSR count). The number of aromatic nitrogens is 4. The van der Waals surface area contributed by atoms with Gasteiger partial charge >= 0.3 is 0 Å². The number of benzene rings is 1. The van der Waals surface area contributed by atoms with Crippen LogP contribution in [-0.4, -0.2) is 19.7 Å². The Morgan fingerprint density at radius 3 is 2.90 bits per heavy atom. The van der Waals surface area contributed by atoms with Crippen molar-refractivity contribution >= 4 is 34.7 Å². The Morgan fingerprint density at radius 1 is 1.33 bits per heavy atom. The first kappa shape index (κ1) is 14.6. The van der Waals surface area contributed by atoms with Gasteiger partial charge in [-0.05, 0) is 31.5 Å². The molecule has 0 saturated carbocycles. The number of halogens is 1. The lowest BCUT2D eigenvalue weighted by Crippen LogP contribution is -1.96. The van der Waals surface area contributed by atoms with Crippen molar-refractivity contribution in [1.29, 1.82) is 0 Å². The highest BCUT2D eigenvalue weighted by molar-refractivity contribution is 7.98. The fraction of sp³-hybridized carbons (Fsp3) is 0.214. The van der Waals surface area contributed by atoms with Crippen molar-refractivity contribution in [3.63, 3.8) is 0 Å². The van der Waals surface area contributed by atoms with Crippen LogP contribution in [0.15, 0.2) is 35.1 Å². The molecule has 0 fully saturated rings. The Hall–Kier alpha value is -1.37. The van der Waals surface area contributed by atoms with Crippen LogP contribution in [0.4, 0.5) is 0 Å². The molecule has 0 unspecified atom stereocenters. The molecule has 0 radical (unpaired) electrons. The van der Waals surface area contributed by atoms with E-state index in [1.807, 2.05) is 36.6 Å². The summed E-state index contributed by atoms with van der Waals surface area (Å²) in [7, 11) is 0. The summed E-state index contributed by atoms with van der Waals surface area (Å²) >= 11 is 9.47. The summed E-state index contributed by atoms with van der Waals surface area (Å²) in [5.74, 6) is 0.780. The maximum atomic E-state index is 6.19. The molecule has 0 amide bonds. The molecular formula is C14H13ClN4S2.